The number of amides is 1. The third kappa shape index (κ3) is 5.27. The van der Waals surface area contributed by atoms with Crippen molar-refractivity contribution in [3.63, 3.8) is 0 Å². The normalized spacial score (nSPS) is 12.0. The summed E-state index contributed by atoms with van der Waals surface area (Å²) >= 11 is 1.53. The van der Waals surface area contributed by atoms with E-state index in [1.807, 2.05) is 17.5 Å². The molecule has 0 unspecified atom stereocenters. The molecule has 0 fully saturated rings. The average molecular weight is 500 g/mol. The van der Waals surface area contributed by atoms with Crippen LogP contribution in [0.15, 0.2) is 47.8 Å². The molecular weight excluding hydrogens is 474 g/mol. The third-order valence-corrected chi connectivity index (χ3v) is 6.14. The molecule has 0 radical (unpaired) electrons. The van der Waals surface area contributed by atoms with Gasteiger partial charge < -0.3 is 33.3 Å². The minimum atomic E-state index is -0.727. The van der Waals surface area contributed by atoms with Crippen molar-refractivity contribution >= 4 is 28.9 Å². The molecule has 0 atom stereocenters. The molecule has 10 heteroatoms. The molecule has 0 bridgehead atoms. The van der Waals surface area contributed by atoms with Crippen LogP contribution in [0.2, 0.25) is 0 Å². The molecule has 2 aromatic carbocycles. The predicted molar refractivity (Wildman–Crippen MR) is 129 cm³/mol. The molecule has 0 saturated heterocycles. The largest absolute Gasteiger partial charge is 0.493 e. The third-order valence-electron chi connectivity index (χ3n) is 5.28. The summed E-state index contributed by atoms with van der Waals surface area (Å²) in [6.07, 6.45) is 0. The SMILES string of the molecule is COc1ccc(C(=O)OCC(=O)N(Cc2cccs2)c2ccc3c(c2)OCCO3)c(OC)c1OC. The van der Waals surface area contributed by atoms with E-state index < -0.39 is 18.5 Å². The van der Waals surface area contributed by atoms with Crippen molar-refractivity contribution in [3.05, 3.63) is 58.3 Å². The summed E-state index contributed by atoms with van der Waals surface area (Å²) in [5.41, 5.74) is 0.717. The van der Waals surface area contributed by atoms with Gasteiger partial charge in [0, 0.05) is 16.6 Å². The number of hydrogen-bond acceptors (Lipinski definition) is 9. The Morgan fingerprint density at radius 3 is 2.40 bits per heavy atom. The standard InChI is InChI=1S/C25H25NO8S/c1-29-20-9-7-18(23(30-2)24(20)31-3)25(28)34-15-22(27)26(14-17-5-4-12-35-17)16-6-8-19-21(13-16)33-11-10-32-19/h4-9,12-13H,10-11,14-15H2,1-3H3. The van der Waals surface area contributed by atoms with E-state index in [1.165, 1.54) is 38.7 Å². The molecule has 35 heavy (non-hydrogen) atoms. The number of anilines is 1. The minimum Gasteiger partial charge on any atom is -0.493 e. The van der Waals surface area contributed by atoms with Crippen LogP contribution in [0.25, 0.3) is 0 Å². The van der Waals surface area contributed by atoms with Gasteiger partial charge in [-0.15, -0.1) is 11.3 Å². The molecule has 9 nitrogen and oxygen atoms in total. The molecular formula is C25H25NO8S. The van der Waals surface area contributed by atoms with Gasteiger partial charge in [-0.05, 0) is 35.7 Å². The molecule has 0 spiro atoms. The van der Waals surface area contributed by atoms with Gasteiger partial charge in [0.2, 0.25) is 5.75 Å². The predicted octanol–water partition coefficient (Wildman–Crippen LogP) is 3.94. The monoisotopic (exact) mass is 499 g/mol. The summed E-state index contributed by atoms with van der Waals surface area (Å²) in [5, 5.41) is 1.94. The smallest absolute Gasteiger partial charge is 0.342 e. The van der Waals surface area contributed by atoms with E-state index in [-0.39, 0.29) is 17.1 Å². The van der Waals surface area contributed by atoms with Crippen LogP contribution < -0.4 is 28.6 Å². The fraction of sp³-hybridized carbons (Fsp3) is 0.280. The number of fused-ring (bicyclic) bond motifs is 1. The zero-order valence-electron chi connectivity index (χ0n) is 19.6. The van der Waals surface area contributed by atoms with Crippen molar-refractivity contribution < 1.29 is 38.0 Å². The lowest BCUT2D eigenvalue weighted by atomic mass is 10.1. The van der Waals surface area contributed by atoms with E-state index in [4.69, 9.17) is 28.4 Å². The van der Waals surface area contributed by atoms with Crippen LogP contribution in [0, 0.1) is 0 Å². The number of methoxy groups -OCH3 is 3. The molecule has 2 heterocycles. The minimum absolute atomic E-state index is 0.113. The van der Waals surface area contributed by atoms with Crippen molar-refractivity contribution in [1.29, 1.82) is 0 Å². The number of carbonyl (C=O) groups excluding carboxylic acids is 2. The summed E-state index contributed by atoms with van der Waals surface area (Å²) in [4.78, 5) is 28.6. The highest BCUT2D eigenvalue weighted by Gasteiger charge is 2.25. The maximum atomic E-state index is 13.3. The van der Waals surface area contributed by atoms with Gasteiger partial charge >= 0.3 is 5.97 Å². The second-order valence-electron chi connectivity index (χ2n) is 7.35. The fourth-order valence-electron chi connectivity index (χ4n) is 3.63. The Labute approximate surface area is 206 Å². The lowest BCUT2D eigenvalue weighted by molar-refractivity contribution is -0.121. The summed E-state index contributed by atoms with van der Waals surface area (Å²) in [6, 6.07) is 12.2. The van der Waals surface area contributed by atoms with Crippen LogP contribution in [-0.2, 0) is 16.1 Å². The van der Waals surface area contributed by atoms with E-state index in [9.17, 15) is 9.59 Å². The van der Waals surface area contributed by atoms with Gasteiger partial charge in [0.25, 0.3) is 5.91 Å². The van der Waals surface area contributed by atoms with E-state index in [2.05, 4.69) is 0 Å². The topological polar surface area (TPSA) is 92.8 Å². The molecule has 1 aliphatic rings. The van der Waals surface area contributed by atoms with Crippen molar-refractivity contribution in [2.24, 2.45) is 0 Å². The number of hydrogen-bond donors (Lipinski definition) is 0. The van der Waals surface area contributed by atoms with Crippen molar-refractivity contribution in [1.82, 2.24) is 0 Å². The summed E-state index contributed by atoms with van der Waals surface area (Å²) in [5.74, 6) is 0.869. The van der Waals surface area contributed by atoms with Gasteiger partial charge in [-0.25, -0.2) is 4.79 Å². The average Bonchev–Trinajstić information content (AvgIpc) is 3.42. The second kappa shape index (κ2) is 11.0. The Kier molecular flexibility index (Phi) is 7.61. The first-order valence-corrected chi connectivity index (χ1v) is 11.6. The number of thiophene rings is 1. The maximum absolute atomic E-state index is 13.3. The highest BCUT2D eigenvalue weighted by molar-refractivity contribution is 7.09. The molecule has 1 aromatic heterocycles. The lowest BCUT2D eigenvalue weighted by Crippen LogP contribution is -2.34. The van der Waals surface area contributed by atoms with Crippen LogP contribution in [-0.4, -0.2) is 53.0 Å². The molecule has 3 aromatic rings. The Hall–Kier alpha value is -3.92. The Morgan fingerprint density at radius 2 is 1.71 bits per heavy atom. The summed E-state index contributed by atoms with van der Waals surface area (Å²) in [7, 11) is 4.33. The fourth-order valence-corrected chi connectivity index (χ4v) is 4.32. The van der Waals surface area contributed by atoms with Gasteiger partial charge in [-0.2, -0.15) is 0 Å². The van der Waals surface area contributed by atoms with Gasteiger partial charge in [-0.3, -0.25) is 4.79 Å². The number of ether oxygens (including phenoxy) is 6. The molecule has 0 N–H and O–H groups in total. The molecule has 184 valence electrons. The Morgan fingerprint density at radius 1 is 0.943 bits per heavy atom. The second-order valence-corrected chi connectivity index (χ2v) is 8.38. The van der Waals surface area contributed by atoms with Crippen molar-refractivity contribution in [2.75, 3.05) is 46.0 Å². The van der Waals surface area contributed by atoms with Gasteiger partial charge in [0.05, 0.1) is 27.9 Å². The maximum Gasteiger partial charge on any atom is 0.342 e. The van der Waals surface area contributed by atoms with Crippen LogP contribution >= 0.6 is 11.3 Å². The van der Waals surface area contributed by atoms with E-state index in [1.54, 1.807) is 29.2 Å². The number of esters is 1. The summed E-state index contributed by atoms with van der Waals surface area (Å²) < 4.78 is 32.6. The number of nitrogens with zero attached hydrogens (tertiary/aromatic N) is 1. The quantitative estimate of drug-likeness (QED) is 0.409. The van der Waals surface area contributed by atoms with E-state index in [0.29, 0.717) is 42.7 Å². The first-order chi connectivity index (χ1) is 17.0. The number of benzene rings is 2. The zero-order chi connectivity index (χ0) is 24.8. The molecule has 4 rings (SSSR count). The van der Waals surface area contributed by atoms with E-state index >= 15 is 0 Å². The Balaban J connectivity index is 1.54. The first-order valence-electron chi connectivity index (χ1n) is 10.7. The number of carbonyl (C=O) groups is 2. The zero-order valence-corrected chi connectivity index (χ0v) is 20.4. The van der Waals surface area contributed by atoms with Gasteiger partial charge in [0.15, 0.2) is 29.6 Å². The summed E-state index contributed by atoms with van der Waals surface area (Å²) in [6.45, 7) is 0.739. The first kappa shape index (κ1) is 24.2. The van der Waals surface area contributed by atoms with E-state index in [0.717, 1.165) is 4.88 Å². The van der Waals surface area contributed by atoms with Crippen LogP contribution in [0.4, 0.5) is 5.69 Å². The molecule has 1 amide bonds. The molecule has 0 saturated carbocycles. The molecule has 0 aliphatic carbocycles. The van der Waals surface area contributed by atoms with Gasteiger partial charge in [-0.1, -0.05) is 6.07 Å². The molecule has 1 aliphatic heterocycles. The highest BCUT2D eigenvalue weighted by atomic mass is 32.1. The van der Waals surface area contributed by atoms with Gasteiger partial charge in [0.1, 0.15) is 18.8 Å². The van der Waals surface area contributed by atoms with Crippen molar-refractivity contribution in [3.8, 4) is 28.7 Å². The van der Waals surface area contributed by atoms with Crippen LogP contribution in [0.3, 0.4) is 0 Å². The highest BCUT2D eigenvalue weighted by Crippen LogP contribution is 2.40. The van der Waals surface area contributed by atoms with Crippen LogP contribution in [0.5, 0.6) is 28.7 Å². The number of rotatable bonds is 9. The van der Waals surface area contributed by atoms with Crippen molar-refractivity contribution in [2.45, 2.75) is 6.54 Å². The lowest BCUT2D eigenvalue weighted by Gasteiger charge is -2.25. The van der Waals surface area contributed by atoms with Crippen LogP contribution in [0.1, 0.15) is 15.2 Å². The Bertz CT molecular complexity index is 1190.